The number of amides is 1. The molecule has 2 N–H and O–H groups in total. The Bertz CT molecular complexity index is 650. The van der Waals surface area contributed by atoms with Crippen LogP contribution in [0.2, 0.25) is 0 Å². The molecule has 0 spiro atoms. The van der Waals surface area contributed by atoms with Gasteiger partial charge < -0.3 is 15.2 Å². The average molecular weight is 285 g/mol. The van der Waals surface area contributed by atoms with Crippen molar-refractivity contribution in [2.45, 2.75) is 6.42 Å². The quantitative estimate of drug-likeness (QED) is 0.846. The van der Waals surface area contributed by atoms with Crippen LogP contribution in [0.1, 0.15) is 15.9 Å². The number of para-hydroxylation sites is 1. The van der Waals surface area contributed by atoms with Crippen LogP contribution < -0.4 is 5.32 Å². The standard InChI is InChI=1S/C16H15NO4/c1-21-15(19)10-11-6-8-12(9-7-11)17-16(20)13-4-2-3-5-14(13)18/h2-9,18H,10H2,1H3,(H,17,20). The molecule has 108 valence electrons. The maximum absolute atomic E-state index is 12.0. The first-order valence-corrected chi connectivity index (χ1v) is 6.35. The summed E-state index contributed by atoms with van der Waals surface area (Å²) >= 11 is 0. The van der Waals surface area contributed by atoms with Gasteiger partial charge in [-0.25, -0.2) is 0 Å². The molecule has 2 rings (SSSR count). The van der Waals surface area contributed by atoms with E-state index in [1.54, 1.807) is 36.4 Å². The van der Waals surface area contributed by atoms with Crippen LogP contribution in [0.15, 0.2) is 48.5 Å². The number of phenols is 1. The molecule has 5 heteroatoms. The highest BCUT2D eigenvalue weighted by molar-refractivity contribution is 6.06. The molecule has 0 aliphatic rings. The Hall–Kier alpha value is -2.82. The predicted molar refractivity (Wildman–Crippen MR) is 78.2 cm³/mol. The summed E-state index contributed by atoms with van der Waals surface area (Å²) in [7, 11) is 1.34. The zero-order chi connectivity index (χ0) is 15.2. The van der Waals surface area contributed by atoms with Crippen molar-refractivity contribution in [3.8, 4) is 5.75 Å². The van der Waals surface area contributed by atoms with E-state index in [0.29, 0.717) is 5.69 Å². The van der Waals surface area contributed by atoms with Gasteiger partial charge in [0, 0.05) is 5.69 Å². The van der Waals surface area contributed by atoms with Gasteiger partial charge in [-0.05, 0) is 29.8 Å². The first-order valence-electron chi connectivity index (χ1n) is 6.35. The molecule has 0 radical (unpaired) electrons. The van der Waals surface area contributed by atoms with Crippen LogP contribution in [0.4, 0.5) is 5.69 Å². The van der Waals surface area contributed by atoms with Crippen LogP contribution in [-0.2, 0) is 16.0 Å². The topological polar surface area (TPSA) is 75.6 Å². The summed E-state index contributed by atoms with van der Waals surface area (Å²) in [5.74, 6) is -0.785. The van der Waals surface area contributed by atoms with E-state index < -0.39 is 5.91 Å². The third kappa shape index (κ3) is 3.82. The van der Waals surface area contributed by atoms with Gasteiger partial charge >= 0.3 is 5.97 Å². The number of hydrogen-bond donors (Lipinski definition) is 2. The molecule has 0 unspecified atom stereocenters. The third-order valence-electron chi connectivity index (χ3n) is 2.94. The van der Waals surface area contributed by atoms with Crippen LogP contribution in [-0.4, -0.2) is 24.1 Å². The molecular formula is C16H15NO4. The van der Waals surface area contributed by atoms with Gasteiger partial charge in [0.1, 0.15) is 5.75 Å². The molecule has 2 aromatic rings. The lowest BCUT2D eigenvalue weighted by Crippen LogP contribution is -2.12. The van der Waals surface area contributed by atoms with Gasteiger partial charge in [0.2, 0.25) is 0 Å². The summed E-state index contributed by atoms with van der Waals surface area (Å²) in [6.07, 6.45) is 0.185. The first-order chi connectivity index (χ1) is 10.1. The fourth-order valence-corrected chi connectivity index (χ4v) is 1.81. The second-order valence-corrected chi connectivity index (χ2v) is 4.42. The van der Waals surface area contributed by atoms with Crippen LogP contribution in [0.25, 0.3) is 0 Å². The summed E-state index contributed by atoms with van der Waals surface area (Å²) in [4.78, 5) is 23.1. The maximum atomic E-state index is 12.0. The Morgan fingerprint density at radius 2 is 1.76 bits per heavy atom. The normalized spacial score (nSPS) is 9.95. The SMILES string of the molecule is COC(=O)Cc1ccc(NC(=O)c2ccccc2O)cc1. The number of anilines is 1. The molecular weight excluding hydrogens is 270 g/mol. The highest BCUT2D eigenvalue weighted by Gasteiger charge is 2.10. The molecule has 0 atom stereocenters. The Kier molecular flexibility index (Phi) is 4.56. The molecule has 0 aliphatic carbocycles. The Labute approximate surface area is 122 Å². The summed E-state index contributed by atoms with van der Waals surface area (Å²) in [6.45, 7) is 0. The number of benzene rings is 2. The molecule has 0 bridgehead atoms. The number of aromatic hydroxyl groups is 1. The largest absolute Gasteiger partial charge is 0.507 e. The van der Waals surface area contributed by atoms with E-state index in [0.717, 1.165) is 5.56 Å². The number of rotatable bonds is 4. The van der Waals surface area contributed by atoms with Crippen molar-refractivity contribution in [3.63, 3.8) is 0 Å². The number of carbonyl (C=O) groups excluding carboxylic acids is 2. The highest BCUT2D eigenvalue weighted by Crippen LogP contribution is 2.18. The van der Waals surface area contributed by atoms with E-state index in [2.05, 4.69) is 10.1 Å². The molecule has 0 heterocycles. The molecule has 0 aromatic heterocycles. The van der Waals surface area contributed by atoms with E-state index in [4.69, 9.17) is 0 Å². The fourth-order valence-electron chi connectivity index (χ4n) is 1.81. The van der Waals surface area contributed by atoms with Crippen molar-refractivity contribution in [3.05, 3.63) is 59.7 Å². The Morgan fingerprint density at radius 3 is 2.38 bits per heavy atom. The van der Waals surface area contributed by atoms with Gasteiger partial charge in [-0.15, -0.1) is 0 Å². The van der Waals surface area contributed by atoms with Crippen LogP contribution in [0, 0.1) is 0 Å². The zero-order valence-corrected chi connectivity index (χ0v) is 11.5. The number of esters is 1. The molecule has 0 fully saturated rings. The minimum atomic E-state index is -0.395. The lowest BCUT2D eigenvalue weighted by Gasteiger charge is -2.07. The maximum Gasteiger partial charge on any atom is 0.309 e. The number of hydrogen-bond acceptors (Lipinski definition) is 4. The van der Waals surface area contributed by atoms with Crippen molar-refractivity contribution in [1.29, 1.82) is 0 Å². The minimum absolute atomic E-state index is 0.0719. The average Bonchev–Trinajstić information content (AvgIpc) is 2.49. The van der Waals surface area contributed by atoms with E-state index in [1.165, 1.54) is 19.2 Å². The molecule has 1 amide bonds. The smallest absolute Gasteiger partial charge is 0.309 e. The monoisotopic (exact) mass is 285 g/mol. The van der Waals surface area contributed by atoms with Gasteiger partial charge in [-0.1, -0.05) is 24.3 Å². The molecule has 2 aromatic carbocycles. The van der Waals surface area contributed by atoms with E-state index in [-0.39, 0.29) is 23.7 Å². The van der Waals surface area contributed by atoms with Crippen molar-refractivity contribution < 1.29 is 19.4 Å². The summed E-state index contributed by atoms with van der Waals surface area (Å²) in [5, 5.41) is 12.3. The lowest BCUT2D eigenvalue weighted by molar-refractivity contribution is -0.139. The second-order valence-electron chi connectivity index (χ2n) is 4.42. The zero-order valence-electron chi connectivity index (χ0n) is 11.5. The van der Waals surface area contributed by atoms with E-state index in [1.807, 2.05) is 0 Å². The molecule has 5 nitrogen and oxygen atoms in total. The van der Waals surface area contributed by atoms with Crippen molar-refractivity contribution in [1.82, 2.24) is 0 Å². The van der Waals surface area contributed by atoms with E-state index in [9.17, 15) is 14.7 Å². The van der Waals surface area contributed by atoms with Crippen LogP contribution in [0.3, 0.4) is 0 Å². The number of phenolic OH excluding ortho intramolecular Hbond substituents is 1. The van der Waals surface area contributed by atoms with Crippen LogP contribution >= 0.6 is 0 Å². The molecule has 0 saturated carbocycles. The lowest BCUT2D eigenvalue weighted by atomic mass is 10.1. The van der Waals surface area contributed by atoms with Gasteiger partial charge in [0.05, 0.1) is 19.1 Å². The highest BCUT2D eigenvalue weighted by atomic mass is 16.5. The summed E-state index contributed by atoms with van der Waals surface area (Å²) < 4.78 is 4.58. The van der Waals surface area contributed by atoms with Crippen LogP contribution in [0.5, 0.6) is 5.75 Å². The molecule has 21 heavy (non-hydrogen) atoms. The third-order valence-corrected chi connectivity index (χ3v) is 2.94. The number of carbonyl (C=O) groups is 2. The van der Waals surface area contributed by atoms with Crippen molar-refractivity contribution in [2.75, 3.05) is 12.4 Å². The van der Waals surface area contributed by atoms with Gasteiger partial charge in [0.25, 0.3) is 5.91 Å². The predicted octanol–water partition coefficient (Wildman–Crippen LogP) is 2.36. The summed E-state index contributed by atoms with van der Waals surface area (Å²) in [5.41, 5.74) is 1.58. The second kappa shape index (κ2) is 6.56. The fraction of sp³-hybridized carbons (Fsp3) is 0.125. The Balaban J connectivity index is 2.05. The number of methoxy groups -OCH3 is 1. The van der Waals surface area contributed by atoms with Crippen molar-refractivity contribution >= 4 is 17.6 Å². The number of nitrogens with one attached hydrogen (secondary N) is 1. The Morgan fingerprint density at radius 1 is 1.10 bits per heavy atom. The van der Waals surface area contributed by atoms with Gasteiger partial charge in [-0.3, -0.25) is 9.59 Å². The molecule has 0 saturated heterocycles. The minimum Gasteiger partial charge on any atom is -0.507 e. The first kappa shape index (κ1) is 14.6. The van der Waals surface area contributed by atoms with Crippen molar-refractivity contribution in [2.24, 2.45) is 0 Å². The van der Waals surface area contributed by atoms with Gasteiger partial charge in [-0.2, -0.15) is 0 Å². The van der Waals surface area contributed by atoms with Gasteiger partial charge in [0.15, 0.2) is 0 Å². The summed E-state index contributed by atoms with van der Waals surface area (Å²) in [6, 6.07) is 13.2. The molecule has 0 aliphatic heterocycles. The number of ether oxygens (including phenoxy) is 1. The van der Waals surface area contributed by atoms with E-state index >= 15 is 0 Å².